The molecule has 3 aromatic rings. The number of rotatable bonds is 5. The van der Waals surface area contributed by atoms with Gasteiger partial charge in [0, 0.05) is 23.9 Å². The highest BCUT2D eigenvalue weighted by Gasteiger charge is 2.08. The summed E-state index contributed by atoms with van der Waals surface area (Å²) in [6.45, 7) is 0. The number of benzene rings is 1. The van der Waals surface area contributed by atoms with Crippen molar-refractivity contribution in [2.45, 2.75) is 11.9 Å². The molecule has 0 bridgehead atoms. The summed E-state index contributed by atoms with van der Waals surface area (Å²) in [5.74, 6) is 1.49. The summed E-state index contributed by atoms with van der Waals surface area (Å²) in [5.41, 5.74) is 2.98. The Hall–Kier alpha value is -1.78. The van der Waals surface area contributed by atoms with Gasteiger partial charge in [-0.05, 0) is 17.7 Å². The number of imidazole rings is 1. The fraction of sp³-hybridized carbons (Fsp3) is 0.188. The molecule has 0 spiro atoms. The van der Waals surface area contributed by atoms with Gasteiger partial charge in [0.05, 0.1) is 11.8 Å². The van der Waals surface area contributed by atoms with E-state index in [1.807, 2.05) is 65.3 Å². The molecule has 3 rings (SSSR count). The lowest BCUT2D eigenvalue weighted by Crippen LogP contribution is -2.00. The molecule has 20 heavy (non-hydrogen) atoms. The summed E-state index contributed by atoms with van der Waals surface area (Å²) >= 11 is 1.70. The molecular formula is C16H16N2OS. The summed E-state index contributed by atoms with van der Waals surface area (Å²) in [6, 6.07) is 15.7. The van der Waals surface area contributed by atoms with Crippen LogP contribution < -0.4 is 0 Å². The molecule has 0 fully saturated rings. The van der Waals surface area contributed by atoms with Crippen molar-refractivity contribution in [3.8, 4) is 0 Å². The number of hydrogen-bond donors (Lipinski definition) is 1. The topological polar surface area (TPSA) is 37.5 Å². The fourth-order valence-corrected chi connectivity index (χ4v) is 2.99. The third-order valence-corrected chi connectivity index (χ3v) is 4.18. The predicted molar refractivity (Wildman–Crippen MR) is 82.8 cm³/mol. The van der Waals surface area contributed by atoms with Crippen molar-refractivity contribution in [3.63, 3.8) is 0 Å². The molecule has 0 saturated heterocycles. The Labute approximate surface area is 122 Å². The lowest BCUT2D eigenvalue weighted by Gasteiger charge is -2.09. The van der Waals surface area contributed by atoms with Crippen LogP contribution in [0.2, 0.25) is 0 Å². The Balaban J connectivity index is 1.57. The first-order valence-electron chi connectivity index (χ1n) is 6.56. The summed E-state index contributed by atoms with van der Waals surface area (Å²) in [5, 5.41) is 10.1. The molecule has 1 N–H and O–H groups in total. The van der Waals surface area contributed by atoms with E-state index in [2.05, 4.69) is 4.98 Å². The molecule has 0 amide bonds. The highest BCUT2D eigenvalue weighted by atomic mass is 32.2. The van der Waals surface area contributed by atoms with Crippen LogP contribution in [0.1, 0.15) is 17.4 Å². The first-order chi connectivity index (χ1) is 9.83. The minimum Gasteiger partial charge on any atom is -0.388 e. The molecule has 2 heterocycles. The normalized spacial score (nSPS) is 12.7. The van der Waals surface area contributed by atoms with Gasteiger partial charge in [-0.1, -0.05) is 36.4 Å². The Bertz CT molecular complexity index is 648. The third-order valence-electron chi connectivity index (χ3n) is 3.12. The first-order valence-corrected chi connectivity index (χ1v) is 7.72. The van der Waals surface area contributed by atoms with Crippen molar-refractivity contribution >= 4 is 17.4 Å². The van der Waals surface area contributed by atoms with Crippen LogP contribution in [0, 0.1) is 0 Å². The Morgan fingerprint density at radius 1 is 1.10 bits per heavy atom. The van der Waals surface area contributed by atoms with Crippen molar-refractivity contribution in [1.29, 1.82) is 0 Å². The Morgan fingerprint density at radius 3 is 2.70 bits per heavy atom. The van der Waals surface area contributed by atoms with E-state index in [0.717, 1.165) is 22.7 Å². The van der Waals surface area contributed by atoms with Gasteiger partial charge in [0.25, 0.3) is 0 Å². The third kappa shape index (κ3) is 3.03. The number of nitrogens with zero attached hydrogens (tertiary/aromatic N) is 2. The maximum Gasteiger partial charge on any atom is 0.137 e. The molecule has 0 aliphatic rings. The summed E-state index contributed by atoms with van der Waals surface area (Å²) in [4.78, 5) is 4.54. The molecule has 1 unspecified atom stereocenters. The molecule has 3 nitrogen and oxygen atoms in total. The standard InChI is InChI=1S/C16H16N2OS/c19-15(13-6-2-1-3-7-13)12-20-11-14-10-18-9-5-4-8-16(18)17-14/h1-10,15,19H,11-12H2. The van der Waals surface area contributed by atoms with E-state index in [-0.39, 0.29) is 0 Å². The zero-order valence-corrected chi connectivity index (χ0v) is 11.8. The van der Waals surface area contributed by atoms with Crippen LogP contribution in [0.15, 0.2) is 60.9 Å². The van der Waals surface area contributed by atoms with Gasteiger partial charge in [-0.15, -0.1) is 0 Å². The van der Waals surface area contributed by atoms with Crippen molar-refractivity contribution in [3.05, 3.63) is 72.2 Å². The molecule has 0 saturated carbocycles. The van der Waals surface area contributed by atoms with E-state index >= 15 is 0 Å². The average molecular weight is 284 g/mol. The highest BCUT2D eigenvalue weighted by Crippen LogP contribution is 2.20. The largest absolute Gasteiger partial charge is 0.388 e. The van der Waals surface area contributed by atoms with Crippen LogP contribution in [0.3, 0.4) is 0 Å². The van der Waals surface area contributed by atoms with Crippen LogP contribution >= 0.6 is 11.8 Å². The van der Waals surface area contributed by atoms with E-state index in [1.54, 1.807) is 11.8 Å². The molecule has 102 valence electrons. The fourth-order valence-electron chi connectivity index (χ4n) is 2.10. The first kappa shape index (κ1) is 13.2. The predicted octanol–water partition coefficient (Wildman–Crippen LogP) is 3.30. The SMILES string of the molecule is OC(CSCc1cn2ccccc2n1)c1ccccc1. The summed E-state index contributed by atoms with van der Waals surface area (Å²) in [6.07, 6.45) is 3.62. The van der Waals surface area contributed by atoms with Gasteiger partial charge in [0.2, 0.25) is 0 Å². The monoisotopic (exact) mass is 284 g/mol. The summed E-state index contributed by atoms with van der Waals surface area (Å²) < 4.78 is 2.02. The van der Waals surface area contributed by atoms with Crippen LogP contribution in [-0.2, 0) is 5.75 Å². The van der Waals surface area contributed by atoms with Gasteiger partial charge < -0.3 is 9.51 Å². The highest BCUT2D eigenvalue weighted by molar-refractivity contribution is 7.98. The number of aliphatic hydroxyl groups excluding tert-OH is 1. The second-order valence-electron chi connectivity index (χ2n) is 4.64. The zero-order chi connectivity index (χ0) is 13.8. The lowest BCUT2D eigenvalue weighted by atomic mass is 10.1. The van der Waals surface area contributed by atoms with Crippen LogP contribution in [0.4, 0.5) is 0 Å². The minimum atomic E-state index is -0.418. The van der Waals surface area contributed by atoms with Gasteiger partial charge in [-0.2, -0.15) is 11.8 Å². The van der Waals surface area contributed by atoms with Crippen molar-refractivity contribution in [2.24, 2.45) is 0 Å². The molecule has 0 aliphatic heterocycles. The minimum absolute atomic E-state index is 0.418. The molecule has 4 heteroatoms. The average Bonchev–Trinajstić information content (AvgIpc) is 2.90. The van der Waals surface area contributed by atoms with Crippen LogP contribution in [0.25, 0.3) is 5.65 Å². The maximum absolute atomic E-state index is 10.1. The van der Waals surface area contributed by atoms with E-state index in [9.17, 15) is 5.11 Å². The van der Waals surface area contributed by atoms with E-state index in [0.29, 0.717) is 5.75 Å². The van der Waals surface area contributed by atoms with Gasteiger partial charge in [0.15, 0.2) is 0 Å². The Morgan fingerprint density at radius 2 is 1.90 bits per heavy atom. The van der Waals surface area contributed by atoms with Crippen molar-refractivity contribution in [2.75, 3.05) is 5.75 Å². The van der Waals surface area contributed by atoms with Crippen LogP contribution in [0.5, 0.6) is 0 Å². The second kappa shape index (κ2) is 6.11. The number of fused-ring (bicyclic) bond motifs is 1. The number of pyridine rings is 1. The lowest BCUT2D eigenvalue weighted by molar-refractivity contribution is 0.204. The van der Waals surface area contributed by atoms with Gasteiger partial charge in [0.1, 0.15) is 5.65 Å². The van der Waals surface area contributed by atoms with Gasteiger partial charge in [-0.3, -0.25) is 0 Å². The molecule has 1 aromatic carbocycles. The second-order valence-corrected chi connectivity index (χ2v) is 5.67. The molecule has 0 radical (unpaired) electrons. The molecule has 2 aromatic heterocycles. The molecule has 0 aliphatic carbocycles. The Kier molecular flexibility index (Phi) is 4.04. The molecular weight excluding hydrogens is 268 g/mol. The van der Waals surface area contributed by atoms with Crippen molar-refractivity contribution in [1.82, 2.24) is 9.38 Å². The number of aromatic nitrogens is 2. The van der Waals surface area contributed by atoms with Gasteiger partial charge >= 0.3 is 0 Å². The van der Waals surface area contributed by atoms with E-state index < -0.39 is 6.10 Å². The summed E-state index contributed by atoms with van der Waals surface area (Å²) in [7, 11) is 0. The quantitative estimate of drug-likeness (QED) is 0.781. The number of aliphatic hydroxyl groups is 1. The zero-order valence-electron chi connectivity index (χ0n) is 11.0. The number of thioether (sulfide) groups is 1. The maximum atomic E-state index is 10.1. The van der Waals surface area contributed by atoms with E-state index in [1.165, 1.54) is 0 Å². The van der Waals surface area contributed by atoms with Crippen molar-refractivity contribution < 1.29 is 5.11 Å². The van der Waals surface area contributed by atoms with Crippen LogP contribution in [-0.4, -0.2) is 20.2 Å². The molecule has 1 atom stereocenters. The van der Waals surface area contributed by atoms with E-state index in [4.69, 9.17) is 0 Å². The van der Waals surface area contributed by atoms with Gasteiger partial charge in [-0.25, -0.2) is 4.98 Å². The smallest absolute Gasteiger partial charge is 0.137 e. The number of hydrogen-bond acceptors (Lipinski definition) is 3.